The van der Waals surface area contributed by atoms with Crippen molar-refractivity contribution in [2.75, 3.05) is 33.4 Å². The van der Waals surface area contributed by atoms with Crippen molar-refractivity contribution in [1.29, 1.82) is 5.26 Å². The molecule has 138 valence electrons. The van der Waals surface area contributed by atoms with E-state index in [4.69, 9.17) is 14.7 Å². The van der Waals surface area contributed by atoms with Crippen molar-refractivity contribution in [3.63, 3.8) is 0 Å². The van der Waals surface area contributed by atoms with Gasteiger partial charge in [-0.05, 0) is 43.3 Å². The molecule has 0 fully saturated rings. The van der Waals surface area contributed by atoms with E-state index in [-0.39, 0.29) is 31.2 Å². The van der Waals surface area contributed by atoms with Crippen molar-refractivity contribution < 1.29 is 17.9 Å². The van der Waals surface area contributed by atoms with Crippen molar-refractivity contribution in [2.24, 2.45) is 0 Å². The average molecular weight is 374 g/mol. The molecule has 0 aliphatic carbocycles. The maximum atomic E-state index is 12.9. The molecule has 2 aromatic carbocycles. The smallest absolute Gasteiger partial charge is 0.243 e. The van der Waals surface area contributed by atoms with Gasteiger partial charge < -0.3 is 9.47 Å². The van der Waals surface area contributed by atoms with Gasteiger partial charge in [-0.25, -0.2) is 8.42 Å². The number of benzene rings is 2. The number of nitrogens with zero attached hydrogens (tertiary/aromatic N) is 2. The topological polar surface area (TPSA) is 79.6 Å². The number of nitriles is 1. The van der Waals surface area contributed by atoms with Gasteiger partial charge in [-0.15, -0.1) is 0 Å². The molecule has 0 atom stereocenters. The third kappa shape index (κ3) is 5.30. The van der Waals surface area contributed by atoms with Crippen molar-refractivity contribution in [1.82, 2.24) is 4.31 Å². The van der Waals surface area contributed by atoms with E-state index in [9.17, 15) is 8.42 Å². The first kappa shape index (κ1) is 19.9. The maximum absolute atomic E-state index is 12.9. The van der Waals surface area contributed by atoms with Crippen LogP contribution < -0.4 is 4.74 Å². The lowest BCUT2D eigenvalue weighted by Crippen LogP contribution is -2.37. The Labute approximate surface area is 154 Å². The van der Waals surface area contributed by atoms with Crippen LogP contribution in [0.5, 0.6) is 5.75 Å². The molecule has 26 heavy (non-hydrogen) atoms. The molecule has 0 radical (unpaired) electrons. The lowest BCUT2D eigenvalue weighted by Gasteiger charge is -2.22. The highest BCUT2D eigenvalue weighted by Gasteiger charge is 2.24. The fourth-order valence-corrected chi connectivity index (χ4v) is 3.70. The highest BCUT2D eigenvalue weighted by molar-refractivity contribution is 7.89. The van der Waals surface area contributed by atoms with Gasteiger partial charge in [-0.3, -0.25) is 0 Å². The van der Waals surface area contributed by atoms with Crippen LogP contribution in [0, 0.1) is 18.3 Å². The van der Waals surface area contributed by atoms with E-state index in [1.807, 2.05) is 37.3 Å². The number of aryl methyl sites for hydroxylation is 1. The summed E-state index contributed by atoms with van der Waals surface area (Å²) < 4.78 is 37.7. The predicted molar refractivity (Wildman–Crippen MR) is 98.5 cm³/mol. The highest BCUT2D eigenvalue weighted by atomic mass is 32.2. The van der Waals surface area contributed by atoms with Crippen LogP contribution in [-0.2, 0) is 14.8 Å². The summed E-state index contributed by atoms with van der Waals surface area (Å²) in [4.78, 5) is 0.142. The first-order chi connectivity index (χ1) is 12.5. The third-order valence-corrected chi connectivity index (χ3v) is 5.71. The molecule has 0 aliphatic rings. The summed E-state index contributed by atoms with van der Waals surface area (Å²) >= 11 is 0. The second-order valence-corrected chi connectivity index (χ2v) is 7.63. The summed E-state index contributed by atoms with van der Waals surface area (Å²) in [6.07, 6.45) is 0. The van der Waals surface area contributed by atoms with Crippen molar-refractivity contribution in [3.05, 3.63) is 59.7 Å². The lowest BCUT2D eigenvalue weighted by atomic mass is 10.2. The van der Waals surface area contributed by atoms with Gasteiger partial charge in [0.1, 0.15) is 12.4 Å². The van der Waals surface area contributed by atoms with Crippen LogP contribution in [0.2, 0.25) is 0 Å². The Morgan fingerprint density at radius 3 is 2.19 bits per heavy atom. The van der Waals surface area contributed by atoms with Crippen molar-refractivity contribution >= 4 is 10.0 Å². The van der Waals surface area contributed by atoms with Crippen LogP contribution in [0.1, 0.15) is 11.1 Å². The van der Waals surface area contributed by atoms with Gasteiger partial charge in [0.15, 0.2) is 0 Å². The SMILES string of the molecule is COCCN(CCOc1ccc(C)cc1)S(=O)(=O)c1ccc(C#N)cc1. The molecule has 0 unspecified atom stereocenters. The molecule has 6 nitrogen and oxygen atoms in total. The molecule has 0 aromatic heterocycles. The van der Waals surface area contributed by atoms with Gasteiger partial charge in [0.05, 0.1) is 23.1 Å². The van der Waals surface area contributed by atoms with E-state index in [1.165, 1.54) is 35.7 Å². The summed E-state index contributed by atoms with van der Waals surface area (Å²) in [6, 6.07) is 15.4. The summed E-state index contributed by atoms with van der Waals surface area (Å²) in [6.45, 7) is 2.90. The van der Waals surface area contributed by atoms with Gasteiger partial charge in [0, 0.05) is 20.2 Å². The number of hydrogen-bond acceptors (Lipinski definition) is 5. The molecular weight excluding hydrogens is 352 g/mol. The minimum Gasteiger partial charge on any atom is -0.492 e. The molecule has 0 N–H and O–H groups in total. The monoisotopic (exact) mass is 374 g/mol. The van der Waals surface area contributed by atoms with Crippen LogP contribution in [0.3, 0.4) is 0 Å². The molecule has 2 aromatic rings. The van der Waals surface area contributed by atoms with E-state index in [1.54, 1.807) is 0 Å². The Bertz CT molecular complexity index is 841. The zero-order chi connectivity index (χ0) is 19.0. The highest BCUT2D eigenvalue weighted by Crippen LogP contribution is 2.17. The Kier molecular flexibility index (Phi) is 7.16. The number of rotatable bonds is 9. The van der Waals surface area contributed by atoms with Crippen LogP contribution in [-0.4, -0.2) is 46.1 Å². The Balaban J connectivity index is 2.08. The summed E-state index contributed by atoms with van der Waals surface area (Å²) in [7, 11) is -2.17. The zero-order valence-corrected chi connectivity index (χ0v) is 15.7. The predicted octanol–water partition coefficient (Wildman–Crippen LogP) is 2.58. The van der Waals surface area contributed by atoms with Gasteiger partial charge in [0.25, 0.3) is 0 Å². The standard InChI is InChI=1S/C19H22N2O4S/c1-16-3-7-18(8-4-16)25-14-12-21(11-13-24-2)26(22,23)19-9-5-17(15-20)6-10-19/h3-10H,11-14H2,1-2H3. The molecule has 0 saturated carbocycles. The number of methoxy groups -OCH3 is 1. The molecule has 0 saturated heterocycles. The molecule has 7 heteroatoms. The minimum atomic E-state index is -3.70. The van der Waals surface area contributed by atoms with Crippen LogP contribution >= 0.6 is 0 Å². The quantitative estimate of drug-likeness (QED) is 0.674. The van der Waals surface area contributed by atoms with Crippen molar-refractivity contribution in [2.45, 2.75) is 11.8 Å². The fourth-order valence-electron chi connectivity index (χ4n) is 2.30. The van der Waals surface area contributed by atoms with Crippen LogP contribution in [0.15, 0.2) is 53.4 Å². The first-order valence-corrected chi connectivity index (χ1v) is 9.60. The summed E-state index contributed by atoms with van der Waals surface area (Å²) in [5, 5.41) is 8.86. The van der Waals surface area contributed by atoms with Crippen LogP contribution in [0.4, 0.5) is 0 Å². The molecule has 0 spiro atoms. The van der Waals surface area contributed by atoms with Gasteiger partial charge in [-0.2, -0.15) is 9.57 Å². The van der Waals surface area contributed by atoms with E-state index >= 15 is 0 Å². The Hall–Kier alpha value is -2.40. The Morgan fingerprint density at radius 1 is 1.00 bits per heavy atom. The minimum absolute atomic E-state index is 0.142. The normalized spacial score (nSPS) is 11.3. The lowest BCUT2D eigenvalue weighted by molar-refractivity contribution is 0.171. The number of ether oxygens (including phenoxy) is 2. The van der Waals surface area contributed by atoms with Gasteiger partial charge in [-0.1, -0.05) is 17.7 Å². The van der Waals surface area contributed by atoms with Crippen LogP contribution in [0.25, 0.3) is 0 Å². The third-order valence-electron chi connectivity index (χ3n) is 3.80. The fraction of sp³-hybridized carbons (Fsp3) is 0.316. The van der Waals surface area contributed by atoms with Gasteiger partial charge >= 0.3 is 0 Å². The summed E-state index contributed by atoms with van der Waals surface area (Å²) in [5.41, 5.74) is 1.54. The van der Waals surface area contributed by atoms with Gasteiger partial charge in [0.2, 0.25) is 10.0 Å². The van der Waals surface area contributed by atoms with E-state index in [0.717, 1.165) is 5.56 Å². The molecule has 2 rings (SSSR count). The average Bonchev–Trinajstić information content (AvgIpc) is 2.65. The maximum Gasteiger partial charge on any atom is 0.243 e. The second kappa shape index (κ2) is 9.34. The molecule has 0 aliphatic heterocycles. The Morgan fingerprint density at radius 2 is 1.62 bits per heavy atom. The molecule has 0 bridgehead atoms. The first-order valence-electron chi connectivity index (χ1n) is 8.16. The van der Waals surface area contributed by atoms with E-state index in [2.05, 4.69) is 0 Å². The van der Waals surface area contributed by atoms with E-state index < -0.39 is 10.0 Å². The summed E-state index contributed by atoms with van der Waals surface area (Å²) in [5.74, 6) is 0.693. The zero-order valence-electron chi connectivity index (χ0n) is 14.9. The molecule has 0 amide bonds. The second-order valence-electron chi connectivity index (χ2n) is 5.69. The van der Waals surface area contributed by atoms with E-state index in [0.29, 0.717) is 11.3 Å². The molecule has 0 heterocycles. The number of hydrogen-bond donors (Lipinski definition) is 0. The molecular formula is C19H22N2O4S. The number of sulfonamides is 1. The van der Waals surface area contributed by atoms with Crippen molar-refractivity contribution in [3.8, 4) is 11.8 Å². The largest absolute Gasteiger partial charge is 0.492 e.